The fourth-order valence-corrected chi connectivity index (χ4v) is 3.62. The third-order valence-electron chi connectivity index (χ3n) is 5.31. The van der Waals surface area contributed by atoms with Gasteiger partial charge in [-0.2, -0.15) is 0 Å². The molecule has 4 aromatic rings. The predicted octanol–water partition coefficient (Wildman–Crippen LogP) is 5.31. The molecule has 0 aliphatic rings. The van der Waals surface area contributed by atoms with Crippen molar-refractivity contribution >= 4 is 17.0 Å². The Balaban J connectivity index is 1.47. The van der Waals surface area contributed by atoms with Crippen LogP contribution >= 0.6 is 0 Å². The van der Waals surface area contributed by atoms with Gasteiger partial charge in [-0.3, -0.25) is 4.98 Å². The van der Waals surface area contributed by atoms with E-state index in [-0.39, 0.29) is 6.61 Å². The minimum absolute atomic E-state index is 0.178. The maximum absolute atomic E-state index is 10.2. The first-order valence-electron chi connectivity index (χ1n) is 10.9. The smallest absolute Gasteiger partial charge is 0.144 e. The molecule has 166 valence electrons. The molecule has 1 heterocycles. The molecule has 1 aromatic heterocycles. The number of ether oxygens (including phenoxy) is 1. The van der Waals surface area contributed by atoms with Crippen molar-refractivity contribution in [3.63, 3.8) is 0 Å². The van der Waals surface area contributed by atoms with Gasteiger partial charge >= 0.3 is 0 Å². The van der Waals surface area contributed by atoms with E-state index < -0.39 is 6.10 Å². The number of aliphatic hydroxyl groups is 1. The van der Waals surface area contributed by atoms with Crippen molar-refractivity contribution in [2.75, 3.05) is 18.5 Å². The van der Waals surface area contributed by atoms with Gasteiger partial charge in [-0.1, -0.05) is 72.8 Å². The van der Waals surface area contributed by atoms with E-state index in [1.165, 1.54) is 16.7 Å². The molecule has 2 N–H and O–H groups in total. The van der Waals surface area contributed by atoms with Crippen LogP contribution in [0.4, 0.5) is 5.82 Å². The molecule has 0 aliphatic heterocycles. The molecule has 1 atom stereocenters. The highest BCUT2D eigenvalue weighted by Crippen LogP contribution is 2.32. The Hall–Kier alpha value is -3.96. The summed E-state index contributed by atoms with van der Waals surface area (Å²) in [6.07, 6.45) is 4.15. The topological polar surface area (TPSA) is 67.3 Å². The third-order valence-corrected chi connectivity index (χ3v) is 5.31. The van der Waals surface area contributed by atoms with E-state index in [2.05, 4.69) is 82.9 Å². The van der Waals surface area contributed by atoms with Crippen LogP contribution in [0.5, 0.6) is 5.75 Å². The van der Waals surface area contributed by atoms with Crippen LogP contribution in [0.25, 0.3) is 11.1 Å². The number of hydrogen-bond donors (Lipinski definition) is 2. The number of nitrogens with zero attached hydrogens (tertiary/aromatic N) is 2. The van der Waals surface area contributed by atoms with Gasteiger partial charge in [-0.25, -0.2) is 4.98 Å². The Kier molecular flexibility index (Phi) is 7.46. The fraction of sp³-hybridized carbons (Fsp3) is 0.143. The standard InChI is InChI=1S/C28H27N3O2/c1-21(22-8-4-2-5-9-22)28(23-10-6-3-7-11-23)24-12-14-26(15-13-24)33-20-25(32)18-31-27-19-29-16-17-30-27/h2-17,19,25,32H,18,20H2,1H3,(H,30,31)/b28-21+. The van der Waals surface area contributed by atoms with E-state index in [1.807, 2.05) is 24.3 Å². The molecule has 0 aliphatic carbocycles. The Labute approximate surface area is 194 Å². The molecular weight excluding hydrogens is 410 g/mol. The Morgan fingerprint density at radius 3 is 2.12 bits per heavy atom. The molecule has 33 heavy (non-hydrogen) atoms. The average Bonchev–Trinajstić information content (AvgIpc) is 2.89. The maximum Gasteiger partial charge on any atom is 0.144 e. The average molecular weight is 438 g/mol. The quantitative estimate of drug-likeness (QED) is 0.348. The van der Waals surface area contributed by atoms with Crippen LogP contribution < -0.4 is 10.1 Å². The molecule has 3 aromatic carbocycles. The summed E-state index contributed by atoms with van der Waals surface area (Å²) < 4.78 is 5.80. The van der Waals surface area contributed by atoms with Crippen molar-refractivity contribution in [2.45, 2.75) is 13.0 Å². The van der Waals surface area contributed by atoms with Crippen LogP contribution in [-0.2, 0) is 0 Å². The Bertz CT molecular complexity index is 1160. The summed E-state index contributed by atoms with van der Waals surface area (Å²) in [7, 11) is 0. The lowest BCUT2D eigenvalue weighted by molar-refractivity contribution is 0.117. The number of rotatable bonds is 9. The zero-order valence-electron chi connectivity index (χ0n) is 18.6. The van der Waals surface area contributed by atoms with E-state index in [1.54, 1.807) is 18.6 Å². The maximum atomic E-state index is 10.2. The van der Waals surface area contributed by atoms with E-state index in [4.69, 9.17) is 4.74 Å². The molecule has 4 rings (SSSR count). The summed E-state index contributed by atoms with van der Waals surface area (Å²) in [5, 5.41) is 13.3. The summed E-state index contributed by atoms with van der Waals surface area (Å²) in [6.45, 7) is 2.66. The lowest BCUT2D eigenvalue weighted by Gasteiger charge is -2.16. The molecule has 0 fully saturated rings. The molecule has 0 saturated heterocycles. The first-order valence-corrected chi connectivity index (χ1v) is 10.9. The number of aliphatic hydroxyl groups excluding tert-OH is 1. The van der Waals surface area contributed by atoms with E-state index >= 15 is 0 Å². The highest BCUT2D eigenvalue weighted by atomic mass is 16.5. The highest BCUT2D eigenvalue weighted by molar-refractivity contribution is 5.97. The normalized spacial score (nSPS) is 12.5. The van der Waals surface area contributed by atoms with Crippen molar-refractivity contribution in [1.29, 1.82) is 0 Å². The summed E-state index contributed by atoms with van der Waals surface area (Å²) in [4.78, 5) is 8.12. The molecule has 0 spiro atoms. The number of hydrogen-bond acceptors (Lipinski definition) is 5. The molecule has 0 bridgehead atoms. The van der Waals surface area contributed by atoms with Crippen LogP contribution in [0.2, 0.25) is 0 Å². The second-order valence-corrected chi connectivity index (χ2v) is 7.69. The number of allylic oxidation sites excluding steroid dienone is 1. The number of aromatic nitrogens is 2. The van der Waals surface area contributed by atoms with E-state index in [9.17, 15) is 5.11 Å². The van der Waals surface area contributed by atoms with Gasteiger partial charge in [0.2, 0.25) is 0 Å². The largest absolute Gasteiger partial charge is 0.491 e. The summed E-state index contributed by atoms with van der Waals surface area (Å²) in [5.74, 6) is 1.33. The van der Waals surface area contributed by atoms with Crippen LogP contribution in [0.1, 0.15) is 23.6 Å². The van der Waals surface area contributed by atoms with Crippen LogP contribution in [0.15, 0.2) is 104 Å². The molecule has 1 unspecified atom stereocenters. The number of benzene rings is 3. The van der Waals surface area contributed by atoms with Crippen LogP contribution in [0.3, 0.4) is 0 Å². The summed E-state index contributed by atoms with van der Waals surface area (Å²) >= 11 is 0. The molecule has 5 nitrogen and oxygen atoms in total. The van der Waals surface area contributed by atoms with E-state index in [0.29, 0.717) is 18.1 Å². The molecule has 0 amide bonds. The van der Waals surface area contributed by atoms with E-state index in [0.717, 1.165) is 11.1 Å². The zero-order chi connectivity index (χ0) is 22.9. The van der Waals surface area contributed by atoms with Gasteiger partial charge in [0.25, 0.3) is 0 Å². The van der Waals surface area contributed by atoms with Crippen LogP contribution in [0, 0.1) is 0 Å². The van der Waals surface area contributed by atoms with Gasteiger partial charge in [0.1, 0.15) is 24.3 Å². The summed E-state index contributed by atoms with van der Waals surface area (Å²) in [6, 6.07) is 28.8. The SMILES string of the molecule is C/C(=C(/c1ccccc1)c1ccc(OCC(O)CNc2cnccn2)cc1)c1ccccc1. The minimum atomic E-state index is -0.674. The monoisotopic (exact) mass is 437 g/mol. The molecule has 5 heteroatoms. The van der Waals surface area contributed by atoms with Crippen molar-refractivity contribution in [2.24, 2.45) is 0 Å². The van der Waals surface area contributed by atoms with Crippen molar-refractivity contribution in [3.05, 3.63) is 120 Å². The number of anilines is 1. The Morgan fingerprint density at radius 1 is 0.848 bits per heavy atom. The fourth-order valence-electron chi connectivity index (χ4n) is 3.62. The lowest BCUT2D eigenvalue weighted by Crippen LogP contribution is -2.26. The molecular formula is C28H27N3O2. The second-order valence-electron chi connectivity index (χ2n) is 7.69. The van der Waals surface area contributed by atoms with Gasteiger partial charge in [0, 0.05) is 18.9 Å². The first-order chi connectivity index (χ1) is 16.2. The van der Waals surface area contributed by atoms with Gasteiger partial charge in [-0.05, 0) is 46.9 Å². The second kappa shape index (κ2) is 11.1. The van der Waals surface area contributed by atoms with Gasteiger partial charge < -0.3 is 15.2 Å². The number of nitrogens with one attached hydrogen (secondary N) is 1. The summed E-state index contributed by atoms with van der Waals surface area (Å²) in [5.41, 5.74) is 5.86. The Morgan fingerprint density at radius 2 is 1.48 bits per heavy atom. The minimum Gasteiger partial charge on any atom is -0.491 e. The first kappa shape index (κ1) is 22.2. The molecule has 0 saturated carbocycles. The van der Waals surface area contributed by atoms with Crippen LogP contribution in [-0.4, -0.2) is 34.3 Å². The van der Waals surface area contributed by atoms with Crippen molar-refractivity contribution in [3.8, 4) is 5.75 Å². The predicted molar refractivity (Wildman–Crippen MR) is 133 cm³/mol. The van der Waals surface area contributed by atoms with Crippen molar-refractivity contribution in [1.82, 2.24) is 9.97 Å². The zero-order valence-corrected chi connectivity index (χ0v) is 18.6. The van der Waals surface area contributed by atoms with Gasteiger partial charge in [-0.15, -0.1) is 0 Å². The van der Waals surface area contributed by atoms with Crippen molar-refractivity contribution < 1.29 is 9.84 Å². The molecule has 0 radical (unpaired) electrons. The lowest BCUT2D eigenvalue weighted by atomic mass is 9.90. The highest BCUT2D eigenvalue weighted by Gasteiger charge is 2.11. The van der Waals surface area contributed by atoms with Gasteiger partial charge in [0.15, 0.2) is 0 Å². The van der Waals surface area contributed by atoms with Gasteiger partial charge in [0.05, 0.1) is 6.20 Å². The third kappa shape index (κ3) is 6.05.